The fourth-order valence-electron chi connectivity index (χ4n) is 2.96. The van der Waals surface area contributed by atoms with Gasteiger partial charge >= 0.3 is 0 Å². The minimum Gasteiger partial charge on any atom is -0.341 e. The quantitative estimate of drug-likeness (QED) is 0.921. The van der Waals surface area contributed by atoms with Crippen LogP contribution in [0.25, 0.3) is 0 Å². The first-order valence-corrected chi connectivity index (χ1v) is 8.11. The van der Waals surface area contributed by atoms with E-state index < -0.39 is 0 Å². The number of hydrogen-bond acceptors (Lipinski definition) is 2. The van der Waals surface area contributed by atoms with Crippen LogP contribution >= 0.6 is 0 Å². The van der Waals surface area contributed by atoms with Crippen LogP contribution in [0.3, 0.4) is 0 Å². The van der Waals surface area contributed by atoms with E-state index in [9.17, 15) is 4.79 Å². The summed E-state index contributed by atoms with van der Waals surface area (Å²) in [7, 11) is 0. The Balaban J connectivity index is 1.95. The van der Waals surface area contributed by atoms with Crippen LogP contribution in [-0.2, 0) is 4.79 Å². The summed E-state index contributed by atoms with van der Waals surface area (Å²) in [5, 5.41) is 3.45. The fraction of sp³-hybridized carbons (Fsp3) is 0.611. The molecule has 0 spiro atoms. The van der Waals surface area contributed by atoms with Crippen LogP contribution in [0.5, 0.6) is 0 Å². The minimum atomic E-state index is -0.125. The molecule has 0 aliphatic carbocycles. The van der Waals surface area contributed by atoms with Gasteiger partial charge in [0.05, 0.1) is 6.04 Å². The molecule has 0 bridgehead atoms. The minimum absolute atomic E-state index is 0.125. The SMILES string of the molecule is Cc1ccc(C(C)NC(C)C(=O)N2CCCCC2)cc1C. The van der Waals surface area contributed by atoms with Crippen molar-refractivity contribution in [1.29, 1.82) is 0 Å². The van der Waals surface area contributed by atoms with Crippen molar-refractivity contribution in [3.63, 3.8) is 0 Å². The van der Waals surface area contributed by atoms with Gasteiger partial charge in [0.2, 0.25) is 5.91 Å². The van der Waals surface area contributed by atoms with Crippen molar-refractivity contribution < 1.29 is 4.79 Å². The number of hydrogen-bond donors (Lipinski definition) is 1. The van der Waals surface area contributed by atoms with E-state index in [1.807, 2.05) is 11.8 Å². The zero-order valence-corrected chi connectivity index (χ0v) is 13.8. The lowest BCUT2D eigenvalue weighted by molar-refractivity contribution is -0.134. The van der Waals surface area contributed by atoms with E-state index in [0.717, 1.165) is 25.9 Å². The number of amides is 1. The smallest absolute Gasteiger partial charge is 0.239 e. The van der Waals surface area contributed by atoms with Crippen molar-refractivity contribution in [3.05, 3.63) is 34.9 Å². The number of rotatable bonds is 4. The molecule has 0 radical (unpaired) electrons. The zero-order valence-electron chi connectivity index (χ0n) is 13.8. The van der Waals surface area contributed by atoms with Gasteiger partial charge in [-0.3, -0.25) is 10.1 Å². The molecule has 1 saturated heterocycles. The average Bonchev–Trinajstić information content (AvgIpc) is 2.50. The maximum Gasteiger partial charge on any atom is 0.239 e. The maximum absolute atomic E-state index is 12.4. The third kappa shape index (κ3) is 4.07. The van der Waals surface area contributed by atoms with Crippen LogP contribution in [0.15, 0.2) is 18.2 Å². The molecule has 1 amide bonds. The Morgan fingerprint density at radius 2 is 1.76 bits per heavy atom. The molecule has 1 aromatic rings. The maximum atomic E-state index is 12.4. The Morgan fingerprint density at radius 3 is 2.38 bits per heavy atom. The fourth-order valence-corrected chi connectivity index (χ4v) is 2.96. The highest BCUT2D eigenvalue weighted by Gasteiger charge is 2.23. The summed E-state index contributed by atoms with van der Waals surface area (Å²) in [6.07, 6.45) is 3.54. The van der Waals surface area contributed by atoms with Crippen molar-refractivity contribution in [2.75, 3.05) is 13.1 Å². The number of benzene rings is 1. The molecule has 1 heterocycles. The van der Waals surface area contributed by atoms with Crippen molar-refractivity contribution in [2.45, 2.75) is 59.0 Å². The molecule has 3 nitrogen and oxygen atoms in total. The molecule has 1 fully saturated rings. The lowest BCUT2D eigenvalue weighted by Crippen LogP contribution is -2.47. The van der Waals surface area contributed by atoms with E-state index in [1.165, 1.54) is 23.1 Å². The molecule has 0 aromatic heterocycles. The highest BCUT2D eigenvalue weighted by atomic mass is 16.2. The van der Waals surface area contributed by atoms with Crippen LogP contribution in [0.4, 0.5) is 0 Å². The third-order valence-electron chi connectivity index (χ3n) is 4.57. The summed E-state index contributed by atoms with van der Waals surface area (Å²) >= 11 is 0. The number of piperidine rings is 1. The highest BCUT2D eigenvalue weighted by molar-refractivity contribution is 5.81. The molecule has 116 valence electrons. The van der Waals surface area contributed by atoms with E-state index in [2.05, 4.69) is 44.3 Å². The Kier molecular flexibility index (Phi) is 5.40. The molecular formula is C18H28N2O. The molecule has 1 aliphatic rings. The predicted molar refractivity (Wildman–Crippen MR) is 87.4 cm³/mol. The predicted octanol–water partition coefficient (Wildman–Crippen LogP) is 3.36. The Hall–Kier alpha value is -1.35. The molecular weight excluding hydrogens is 260 g/mol. The summed E-state index contributed by atoms with van der Waals surface area (Å²) in [6.45, 7) is 10.2. The molecule has 1 N–H and O–H groups in total. The van der Waals surface area contributed by atoms with Crippen molar-refractivity contribution in [1.82, 2.24) is 10.2 Å². The van der Waals surface area contributed by atoms with Gasteiger partial charge in [0.25, 0.3) is 0 Å². The number of carbonyl (C=O) groups excluding carboxylic acids is 1. The third-order valence-corrected chi connectivity index (χ3v) is 4.57. The van der Waals surface area contributed by atoms with E-state index in [-0.39, 0.29) is 18.0 Å². The largest absolute Gasteiger partial charge is 0.341 e. The topological polar surface area (TPSA) is 32.3 Å². The van der Waals surface area contributed by atoms with Crippen molar-refractivity contribution in [2.24, 2.45) is 0 Å². The second kappa shape index (κ2) is 7.08. The van der Waals surface area contributed by atoms with Gasteiger partial charge in [-0.25, -0.2) is 0 Å². The lowest BCUT2D eigenvalue weighted by Gasteiger charge is -2.30. The molecule has 2 atom stereocenters. The molecule has 1 aromatic carbocycles. The first-order valence-electron chi connectivity index (χ1n) is 8.11. The number of carbonyl (C=O) groups is 1. The first-order chi connectivity index (χ1) is 9.99. The van der Waals surface area contributed by atoms with Crippen LogP contribution in [0, 0.1) is 13.8 Å². The second-order valence-corrected chi connectivity index (χ2v) is 6.34. The van der Waals surface area contributed by atoms with Crippen molar-refractivity contribution >= 4 is 5.91 Å². The Morgan fingerprint density at radius 1 is 1.10 bits per heavy atom. The molecule has 1 aliphatic heterocycles. The zero-order chi connectivity index (χ0) is 15.4. The average molecular weight is 288 g/mol. The summed E-state index contributed by atoms with van der Waals surface area (Å²) < 4.78 is 0. The lowest BCUT2D eigenvalue weighted by atomic mass is 10.0. The molecule has 2 unspecified atom stereocenters. The van der Waals surface area contributed by atoms with E-state index in [1.54, 1.807) is 0 Å². The van der Waals surface area contributed by atoms with Gasteiger partial charge in [-0.1, -0.05) is 18.2 Å². The summed E-state index contributed by atoms with van der Waals surface area (Å²) in [6, 6.07) is 6.58. The van der Waals surface area contributed by atoms with Gasteiger partial charge in [0.15, 0.2) is 0 Å². The molecule has 2 rings (SSSR count). The van der Waals surface area contributed by atoms with Gasteiger partial charge in [-0.15, -0.1) is 0 Å². The van der Waals surface area contributed by atoms with Gasteiger partial charge in [0.1, 0.15) is 0 Å². The summed E-state index contributed by atoms with van der Waals surface area (Å²) in [4.78, 5) is 14.5. The van der Waals surface area contributed by atoms with Crippen LogP contribution in [0.2, 0.25) is 0 Å². The summed E-state index contributed by atoms with van der Waals surface area (Å²) in [5.41, 5.74) is 3.86. The van der Waals surface area contributed by atoms with Crippen LogP contribution in [0.1, 0.15) is 55.8 Å². The molecule has 3 heteroatoms. The molecule has 21 heavy (non-hydrogen) atoms. The molecule has 0 saturated carbocycles. The van der Waals surface area contributed by atoms with E-state index in [4.69, 9.17) is 0 Å². The van der Waals surface area contributed by atoms with Gasteiger partial charge in [-0.2, -0.15) is 0 Å². The first kappa shape index (κ1) is 16.0. The Bertz CT molecular complexity index is 492. The highest BCUT2D eigenvalue weighted by Crippen LogP contribution is 2.18. The number of likely N-dealkylation sites (tertiary alicyclic amines) is 1. The van der Waals surface area contributed by atoms with Gasteiger partial charge in [-0.05, 0) is 63.6 Å². The number of nitrogens with one attached hydrogen (secondary N) is 1. The summed E-state index contributed by atoms with van der Waals surface area (Å²) in [5.74, 6) is 0.241. The normalized spacial score (nSPS) is 18.4. The number of nitrogens with zero attached hydrogens (tertiary/aromatic N) is 1. The van der Waals surface area contributed by atoms with Gasteiger partial charge < -0.3 is 4.90 Å². The van der Waals surface area contributed by atoms with E-state index >= 15 is 0 Å². The second-order valence-electron chi connectivity index (χ2n) is 6.34. The van der Waals surface area contributed by atoms with Crippen LogP contribution < -0.4 is 5.32 Å². The van der Waals surface area contributed by atoms with E-state index in [0.29, 0.717) is 0 Å². The monoisotopic (exact) mass is 288 g/mol. The van der Waals surface area contributed by atoms with Crippen LogP contribution in [-0.4, -0.2) is 29.9 Å². The number of aryl methyl sites for hydroxylation is 2. The van der Waals surface area contributed by atoms with Gasteiger partial charge in [0, 0.05) is 19.1 Å². The van der Waals surface area contributed by atoms with Crippen molar-refractivity contribution in [3.8, 4) is 0 Å². The standard InChI is InChI=1S/C18H28N2O/c1-13-8-9-17(12-14(13)2)15(3)19-16(4)18(21)20-10-6-5-7-11-20/h8-9,12,15-16,19H,5-7,10-11H2,1-4H3. The Labute approximate surface area is 128 Å².